The number of nitrogens with two attached hydrogens (primary N) is 1. The molecule has 0 radical (unpaired) electrons. The van der Waals surface area contributed by atoms with Gasteiger partial charge in [0.15, 0.2) is 0 Å². The predicted octanol–water partition coefficient (Wildman–Crippen LogP) is 3.53. The van der Waals surface area contributed by atoms with Gasteiger partial charge in [0.1, 0.15) is 0 Å². The van der Waals surface area contributed by atoms with E-state index in [-0.39, 0.29) is 28.0 Å². The molecule has 1 aliphatic heterocycles. The van der Waals surface area contributed by atoms with E-state index >= 15 is 0 Å². The van der Waals surface area contributed by atoms with Crippen LogP contribution in [0.15, 0.2) is 30.3 Å². The Morgan fingerprint density at radius 1 is 1.14 bits per heavy atom. The van der Waals surface area contributed by atoms with Crippen LogP contribution < -0.4 is 5.73 Å². The Bertz CT molecular complexity index is 928. The molecule has 0 amide bonds. The lowest BCUT2D eigenvalue weighted by molar-refractivity contribution is 0.136. The van der Waals surface area contributed by atoms with Crippen molar-refractivity contribution in [3.8, 4) is 0 Å². The molecule has 152 valence electrons. The number of allylic oxidation sites excluding steroid dienone is 1. The number of sulfonamides is 1. The highest BCUT2D eigenvalue weighted by Gasteiger charge is 2.64. The van der Waals surface area contributed by atoms with Crippen LogP contribution in [0.1, 0.15) is 57.1 Å². The summed E-state index contributed by atoms with van der Waals surface area (Å²) in [7, 11) is -3.31. The molecule has 5 rings (SSSR count). The summed E-state index contributed by atoms with van der Waals surface area (Å²) in [6, 6.07) is 8.54. The number of hydrogen-bond donors (Lipinski definition) is 1. The van der Waals surface area contributed by atoms with Crippen molar-refractivity contribution in [2.75, 3.05) is 18.8 Å². The first-order valence-electron chi connectivity index (χ1n) is 10.7. The van der Waals surface area contributed by atoms with Gasteiger partial charge in [-0.3, -0.25) is 0 Å². The largest absolute Gasteiger partial charge is 0.327 e. The highest BCUT2D eigenvalue weighted by molar-refractivity contribution is 7.89. The van der Waals surface area contributed by atoms with Crippen LogP contribution in [0.2, 0.25) is 0 Å². The zero-order valence-electron chi connectivity index (χ0n) is 17.0. The maximum absolute atomic E-state index is 13.5. The minimum atomic E-state index is -3.31. The van der Waals surface area contributed by atoms with Gasteiger partial charge in [0, 0.05) is 30.0 Å². The molecule has 5 heteroatoms. The molecule has 4 aliphatic rings. The van der Waals surface area contributed by atoms with Crippen molar-refractivity contribution in [3.05, 3.63) is 41.5 Å². The van der Waals surface area contributed by atoms with Gasteiger partial charge in [0.2, 0.25) is 10.0 Å². The molecule has 1 aromatic rings. The van der Waals surface area contributed by atoms with Gasteiger partial charge >= 0.3 is 0 Å². The van der Waals surface area contributed by atoms with Gasteiger partial charge in [0.25, 0.3) is 0 Å². The normalized spacial score (nSPS) is 35.5. The van der Waals surface area contributed by atoms with Gasteiger partial charge < -0.3 is 5.73 Å². The monoisotopic (exact) mass is 400 g/mol. The molecule has 2 bridgehead atoms. The summed E-state index contributed by atoms with van der Waals surface area (Å²) >= 11 is 0. The van der Waals surface area contributed by atoms with Crippen LogP contribution >= 0.6 is 0 Å². The Kier molecular flexibility index (Phi) is 3.99. The van der Waals surface area contributed by atoms with E-state index in [0.717, 1.165) is 32.1 Å². The van der Waals surface area contributed by atoms with Crippen LogP contribution in [0.25, 0.3) is 6.08 Å². The lowest BCUT2D eigenvalue weighted by atomic mass is 9.69. The standard InChI is InChI=1S/C23H32N2O2S/c1-21(2)18-8-10-23(21,20(24)15-18)16-28(26,27)25-13-11-22(12-14-25)9-7-17-5-3-4-6-19(17)22/h3-7,9,18,20H,8,10-16,24H2,1-2H3. The van der Waals surface area contributed by atoms with Crippen molar-refractivity contribution in [2.45, 2.75) is 57.4 Å². The van der Waals surface area contributed by atoms with E-state index in [2.05, 4.69) is 50.3 Å². The minimum absolute atomic E-state index is 0.0109. The number of benzene rings is 1. The maximum atomic E-state index is 13.5. The summed E-state index contributed by atoms with van der Waals surface area (Å²) < 4.78 is 28.7. The fourth-order valence-electron chi connectivity index (χ4n) is 6.95. The Hall–Kier alpha value is -1.17. The first-order chi connectivity index (χ1) is 13.2. The van der Waals surface area contributed by atoms with E-state index in [1.165, 1.54) is 11.1 Å². The Morgan fingerprint density at radius 3 is 2.50 bits per heavy atom. The number of fused-ring (bicyclic) bond motifs is 4. The molecule has 1 aromatic carbocycles. The van der Waals surface area contributed by atoms with Gasteiger partial charge in [0.05, 0.1) is 5.75 Å². The lowest BCUT2D eigenvalue weighted by Gasteiger charge is -2.44. The van der Waals surface area contributed by atoms with Crippen molar-refractivity contribution < 1.29 is 8.42 Å². The van der Waals surface area contributed by atoms with Gasteiger partial charge in [-0.15, -0.1) is 0 Å². The van der Waals surface area contributed by atoms with Gasteiger partial charge in [-0.25, -0.2) is 12.7 Å². The molecule has 3 fully saturated rings. The predicted molar refractivity (Wildman–Crippen MR) is 113 cm³/mol. The number of nitrogens with zero attached hydrogens (tertiary/aromatic N) is 1. The van der Waals surface area contributed by atoms with Crippen molar-refractivity contribution in [1.82, 2.24) is 4.31 Å². The van der Waals surface area contributed by atoms with Crippen LogP contribution in [-0.2, 0) is 15.4 Å². The van der Waals surface area contributed by atoms with Crippen molar-refractivity contribution in [1.29, 1.82) is 0 Å². The van der Waals surface area contributed by atoms with E-state index in [9.17, 15) is 8.42 Å². The van der Waals surface area contributed by atoms with Crippen molar-refractivity contribution >= 4 is 16.1 Å². The third-order valence-electron chi connectivity index (χ3n) is 9.02. The molecule has 1 saturated heterocycles. The summed E-state index contributed by atoms with van der Waals surface area (Å²) in [4.78, 5) is 0. The van der Waals surface area contributed by atoms with Crippen LogP contribution in [0.3, 0.4) is 0 Å². The molecule has 1 heterocycles. The van der Waals surface area contributed by atoms with E-state index in [0.29, 0.717) is 19.0 Å². The molecule has 3 unspecified atom stereocenters. The minimum Gasteiger partial charge on any atom is -0.327 e. The first-order valence-corrected chi connectivity index (χ1v) is 12.3. The van der Waals surface area contributed by atoms with Crippen molar-refractivity contribution in [2.24, 2.45) is 22.5 Å². The van der Waals surface area contributed by atoms with Crippen LogP contribution in [-0.4, -0.2) is 37.6 Å². The molecule has 2 N–H and O–H groups in total. The SMILES string of the molecule is CC1(C)C2CCC1(CS(=O)(=O)N1CCC3(C=Cc4ccccc43)CC1)C(N)C2. The fraction of sp³-hybridized carbons (Fsp3) is 0.652. The second-order valence-electron chi connectivity index (χ2n) is 10.2. The maximum Gasteiger partial charge on any atom is 0.214 e. The summed E-state index contributed by atoms with van der Waals surface area (Å²) in [5, 5.41) is 0. The first kappa shape index (κ1) is 18.8. The van der Waals surface area contributed by atoms with Gasteiger partial charge in [-0.05, 0) is 54.6 Å². The second-order valence-corrected chi connectivity index (χ2v) is 12.2. The molecule has 0 aromatic heterocycles. The van der Waals surface area contributed by atoms with E-state index in [1.807, 2.05) is 0 Å². The zero-order valence-corrected chi connectivity index (χ0v) is 17.8. The average Bonchev–Trinajstić information content (AvgIpc) is 3.19. The lowest BCUT2D eigenvalue weighted by Crippen LogP contribution is -2.53. The molecule has 2 saturated carbocycles. The van der Waals surface area contributed by atoms with Crippen molar-refractivity contribution in [3.63, 3.8) is 0 Å². The van der Waals surface area contributed by atoms with E-state index < -0.39 is 10.0 Å². The van der Waals surface area contributed by atoms with E-state index in [1.54, 1.807) is 4.31 Å². The second kappa shape index (κ2) is 5.93. The molecular weight excluding hydrogens is 368 g/mol. The van der Waals surface area contributed by atoms with Gasteiger partial charge in [-0.1, -0.05) is 50.3 Å². The molecule has 3 aliphatic carbocycles. The van der Waals surface area contributed by atoms with Crippen LogP contribution in [0.4, 0.5) is 0 Å². The Morgan fingerprint density at radius 2 is 1.86 bits per heavy atom. The molecular formula is C23H32N2O2S. The quantitative estimate of drug-likeness (QED) is 0.844. The summed E-state index contributed by atoms with van der Waals surface area (Å²) in [6.45, 7) is 5.71. The van der Waals surface area contributed by atoms with Crippen LogP contribution in [0.5, 0.6) is 0 Å². The number of rotatable bonds is 3. The molecule has 28 heavy (non-hydrogen) atoms. The Balaban J connectivity index is 1.35. The molecule has 4 nitrogen and oxygen atoms in total. The van der Waals surface area contributed by atoms with Crippen LogP contribution in [0, 0.1) is 16.7 Å². The summed E-state index contributed by atoms with van der Waals surface area (Å²) in [5.41, 5.74) is 8.95. The Labute approximate surface area is 169 Å². The number of hydrogen-bond acceptors (Lipinski definition) is 3. The highest BCUT2D eigenvalue weighted by Crippen LogP contribution is 2.65. The summed E-state index contributed by atoms with van der Waals surface area (Å²) in [5.74, 6) is 0.798. The topological polar surface area (TPSA) is 63.4 Å². The summed E-state index contributed by atoms with van der Waals surface area (Å²) in [6.07, 6.45) is 9.30. The molecule has 3 atom stereocenters. The zero-order chi connectivity index (χ0) is 19.8. The number of piperidine rings is 1. The third-order valence-corrected chi connectivity index (χ3v) is 11.0. The van der Waals surface area contributed by atoms with E-state index in [4.69, 9.17) is 5.73 Å². The third kappa shape index (κ3) is 2.39. The smallest absolute Gasteiger partial charge is 0.214 e. The average molecular weight is 401 g/mol. The molecule has 1 spiro atoms. The van der Waals surface area contributed by atoms with Gasteiger partial charge in [-0.2, -0.15) is 0 Å². The fourth-order valence-corrected chi connectivity index (χ4v) is 9.25. The highest BCUT2D eigenvalue weighted by atomic mass is 32.2.